The highest BCUT2D eigenvalue weighted by Gasteiger charge is 2.23. The van der Waals surface area contributed by atoms with Gasteiger partial charge in [-0.25, -0.2) is 13.2 Å². The molecule has 2 aromatic rings. The van der Waals surface area contributed by atoms with Crippen molar-refractivity contribution >= 4 is 0 Å². The molecular weight excluding hydrogens is 293 g/mol. The Morgan fingerprint density at radius 3 is 2.41 bits per heavy atom. The molecule has 22 heavy (non-hydrogen) atoms. The summed E-state index contributed by atoms with van der Waals surface area (Å²) in [7, 11) is 0. The lowest BCUT2D eigenvalue weighted by Crippen LogP contribution is -2.21. The number of hydrogen-bond donors (Lipinski definition) is 2. The van der Waals surface area contributed by atoms with Crippen molar-refractivity contribution in [1.29, 1.82) is 0 Å². The van der Waals surface area contributed by atoms with E-state index in [0.29, 0.717) is 12.2 Å². The van der Waals surface area contributed by atoms with Crippen LogP contribution in [0.2, 0.25) is 0 Å². The number of hydrogen-bond acceptors (Lipinski definition) is 3. The summed E-state index contributed by atoms with van der Waals surface area (Å²) in [6.07, 6.45) is 0.183. The van der Waals surface area contributed by atoms with Crippen molar-refractivity contribution in [2.24, 2.45) is 0 Å². The molecule has 1 aromatic heterocycles. The first-order valence-electron chi connectivity index (χ1n) is 6.84. The minimum absolute atomic E-state index is 0.0354. The first-order chi connectivity index (χ1) is 10.4. The maximum absolute atomic E-state index is 13.1. The van der Waals surface area contributed by atoms with Gasteiger partial charge in [-0.05, 0) is 17.7 Å². The number of nitrogens with one attached hydrogen (secondary N) is 1. The van der Waals surface area contributed by atoms with Crippen molar-refractivity contribution in [2.45, 2.75) is 25.5 Å². The summed E-state index contributed by atoms with van der Waals surface area (Å²) in [4.78, 5) is 3.79. The molecule has 1 atom stereocenters. The molecule has 118 valence electrons. The molecular formula is C16H17F3N2O. The van der Waals surface area contributed by atoms with Gasteiger partial charge in [-0.3, -0.25) is 4.98 Å². The van der Waals surface area contributed by atoms with Gasteiger partial charge < -0.3 is 10.4 Å². The van der Waals surface area contributed by atoms with E-state index < -0.39 is 17.8 Å². The minimum atomic E-state index is -2.85. The summed E-state index contributed by atoms with van der Waals surface area (Å²) >= 11 is 0. The van der Waals surface area contributed by atoms with Crippen molar-refractivity contribution in [1.82, 2.24) is 10.3 Å². The fourth-order valence-electron chi connectivity index (χ4n) is 1.96. The lowest BCUT2D eigenvalue weighted by atomic mass is 10.1. The molecule has 0 radical (unpaired) electrons. The highest BCUT2D eigenvalue weighted by Crippen LogP contribution is 2.26. The van der Waals surface area contributed by atoms with E-state index in [1.165, 1.54) is 24.3 Å². The molecule has 2 N–H and O–H groups in total. The molecule has 0 saturated heterocycles. The number of benzene rings is 1. The topological polar surface area (TPSA) is 45.1 Å². The van der Waals surface area contributed by atoms with Gasteiger partial charge in [0.1, 0.15) is 11.9 Å². The number of pyridine rings is 1. The van der Waals surface area contributed by atoms with Crippen molar-refractivity contribution in [3.63, 3.8) is 0 Å². The Bertz CT molecular complexity index is 594. The van der Waals surface area contributed by atoms with E-state index in [-0.39, 0.29) is 12.1 Å². The SMILES string of the molecule is CC(F)(F)c1ccc(CNC[C@H](O)c2ccc(F)cn2)cc1. The lowest BCUT2D eigenvalue weighted by molar-refractivity contribution is 0.0174. The van der Waals surface area contributed by atoms with Crippen LogP contribution in [0.3, 0.4) is 0 Å². The van der Waals surface area contributed by atoms with Crippen LogP contribution in [0.15, 0.2) is 42.6 Å². The second-order valence-corrected chi connectivity index (χ2v) is 5.13. The predicted octanol–water partition coefficient (Wildman–Crippen LogP) is 3.16. The maximum atomic E-state index is 13.1. The van der Waals surface area contributed by atoms with E-state index in [9.17, 15) is 18.3 Å². The molecule has 2 rings (SSSR count). The zero-order valence-corrected chi connectivity index (χ0v) is 12.1. The molecule has 1 heterocycles. The number of halogens is 3. The highest BCUT2D eigenvalue weighted by molar-refractivity contribution is 5.25. The molecule has 1 aromatic carbocycles. The van der Waals surface area contributed by atoms with Gasteiger partial charge in [0.05, 0.1) is 11.9 Å². The Morgan fingerprint density at radius 2 is 1.86 bits per heavy atom. The largest absolute Gasteiger partial charge is 0.385 e. The fraction of sp³-hybridized carbons (Fsp3) is 0.312. The van der Waals surface area contributed by atoms with Crippen LogP contribution in [0.1, 0.15) is 29.8 Å². The van der Waals surface area contributed by atoms with Crippen molar-refractivity contribution in [3.05, 3.63) is 65.2 Å². The van der Waals surface area contributed by atoms with Crippen LogP contribution in [-0.4, -0.2) is 16.6 Å². The van der Waals surface area contributed by atoms with Crippen LogP contribution in [-0.2, 0) is 12.5 Å². The summed E-state index contributed by atoms with van der Waals surface area (Å²) in [5.41, 5.74) is 1.16. The number of alkyl halides is 2. The molecule has 0 unspecified atom stereocenters. The smallest absolute Gasteiger partial charge is 0.270 e. The second-order valence-electron chi connectivity index (χ2n) is 5.13. The lowest BCUT2D eigenvalue weighted by Gasteiger charge is -2.13. The van der Waals surface area contributed by atoms with Crippen molar-refractivity contribution in [2.75, 3.05) is 6.54 Å². The Hall–Kier alpha value is -1.92. The van der Waals surface area contributed by atoms with Crippen LogP contribution in [0.25, 0.3) is 0 Å². The van der Waals surface area contributed by atoms with Crippen LogP contribution in [0.5, 0.6) is 0 Å². The van der Waals surface area contributed by atoms with Crippen molar-refractivity contribution < 1.29 is 18.3 Å². The monoisotopic (exact) mass is 310 g/mol. The fourth-order valence-corrected chi connectivity index (χ4v) is 1.96. The van der Waals surface area contributed by atoms with Gasteiger partial charge >= 0.3 is 0 Å². The van der Waals surface area contributed by atoms with Gasteiger partial charge in [-0.1, -0.05) is 24.3 Å². The summed E-state index contributed by atoms with van der Waals surface area (Å²) in [5.74, 6) is -3.31. The van der Waals surface area contributed by atoms with E-state index in [2.05, 4.69) is 10.3 Å². The normalized spacial score (nSPS) is 13.1. The van der Waals surface area contributed by atoms with E-state index in [0.717, 1.165) is 18.7 Å². The van der Waals surface area contributed by atoms with Gasteiger partial charge in [0, 0.05) is 25.6 Å². The summed E-state index contributed by atoms with van der Waals surface area (Å²) in [6.45, 7) is 1.50. The van der Waals surface area contributed by atoms with Crippen LogP contribution in [0.4, 0.5) is 13.2 Å². The molecule has 0 aliphatic carbocycles. The van der Waals surface area contributed by atoms with E-state index >= 15 is 0 Å². The third-order valence-corrected chi connectivity index (χ3v) is 3.22. The summed E-state index contributed by atoms with van der Waals surface area (Å²) in [5, 5.41) is 12.9. The third-order valence-electron chi connectivity index (χ3n) is 3.22. The number of aromatic nitrogens is 1. The highest BCUT2D eigenvalue weighted by atomic mass is 19.3. The second kappa shape index (κ2) is 6.89. The number of rotatable bonds is 6. The third kappa shape index (κ3) is 4.54. The molecule has 6 heteroatoms. The van der Waals surface area contributed by atoms with Crippen LogP contribution >= 0.6 is 0 Å². The Morgan fingerprint density at radius 1 is 1.18 bits per heavy atom. The van der Waals surface area contributed by atoms with E-state index in [1.54, 1.807) is 12.1 Å². The Kier molecular flexibility index (Phi) is 5.15. The molecule has 0 aliphatic heterocycles. The quantitative estimate of drug-likeness (QED) is 0.861. The first kappa shape index (κ1) is 16.5. The van der Waals surface area contributed by atoms with Crippen molar-refractivity contribution in [3.8, 4) is 0 Å². The van der Waals surface area contributed by atoms with E-state index in [4.69, 9.17) is 0 Å². The Labute approximate surface area is 126 Å². The molecule has 0 saturated carbocycles. The zero-order valence-electron chi connectivity index (χ0n) is 12.1. The average Bonchev–Trinajstić information content (AvgIpc) is 2.47. The molecule has 0 amide bonds. The molecule has 0 spiro atoms. The molecule has 0 aliphatic rings. The van der Waals surface area contributed by atoms with E-state index in [1.807, 2.05) is 0 Å². The summed E-state index contributed by atoms with van der Waals surface area (Å²) < 4.78 is 38.9. The van der Waals surface area contributed by atoms with Gasteiger partial charge in [-0.2, -0.15) is 0 Å². The molecule has 3 nitrogen and oxygen atoms in total. The van der Waals surface area contributed by atoms with Gasteiger partial charge in [-0.15, -0.1) is 0 Å². The number of aliphatic hydroxyl groups excluding tert-OH is 1. The standard InChI is InChI=1S/C16H17F3N2O/c1-16(18,19)12-4-2-11(3-5-12)8-20-10-15(22)14-7-6-13(17)9-21-14/h2-7,9,15,20,22H,8,10H2,1H3/t15-/m0/s1. The van der Waals surface area contributed by atoms with Gasteiger partial charge in [0.2, 0.25) is 0 Å². The number of nitrogens with zero attached hydrogens (tertiary/aromatic N) is 1. The predicted molar refractivity (Wildman–Crippen MR) is 76.9 cm³/mol. The minimum Gasteiger partial charge on any atom is -0.385 e. The molecule has 0 fully saturated rings. The van der Waals surface area contributed by atoms with Gasteiger partial charge in [0.15, 0.2) is 0 Å². The van der Waals surface area contributed by atoms with Crippen LogP contribution < -0.4 is 5.32 Å². The number of aliphatic hydroxyl groups is 1. The zero-order chi connectivity index (χ0) is 16.2. The average molecular weight is 310 g/mol. The molecule has 0 bridgehead atoms. The van der Waals surface area contributed by atoms with Gasteiger partial charge in [0.25, 0.3) is 5.92 Å². The maximum Gasteiger partial charge on any atom is 0.270 e. The summed E-state index contributed by atoms with van der Waals surface area (Å²) in [6, 6.07) is 8.64. The Balaban J connectivity index is 1.84. The first-order valence-corrected chi connectivity index (χ1v) is 6.84. The van der Waals surface area contributed by atoms with Crippen LogP contribution in [0, 0.1) is 5.82 Å².